The summed E-state index contributed by atoms with van der Waals surface area (Å²) in [6.07, 6.45) is 1.73. The predicted octanol–water partition coefficient (Wildman–Crippen LogP) is 3.33. The van der Waals surface area contributed by atoms with Gasteiger partial charge in [-0.3, -0.25) is 9.59 Å². The number of carbonyl (C=O) groups excluding carboxylic acids is 2. The zero-order valence-corrected chi connectivity index (χ0v) is 17.1. The molecule has 29 heavy (non-hydrogen) atoms. The smallest absolute Gasteiger partial charge is 0.252 e. The van der Waals surface area contributed by atoms with E-state index in [1.54, 1.807) is 16.7 Å². The molecule has 3 rings (SSSR count). The third-order valence-electron chi connectivity index (χ3n) is 4.51. The number of rotatable bonds is 6. The number of carbonyl (C=O) groups is 2. The number of amides is 1. The minimum absolute atomic E-state index is 0.00353. The van der Waals surface area contributed by atoms with Gasteiger partial charge in [0.1, 0.15) is 6.33 Å². The Morgan fingerprint density at radius 1 is 1.31 bits per heavy atom. The fourth-order valence-corrected chi connectivity index (χ4v) is 3.44. The van der Waals surface area contributed by atoms with Crippen LogP contribution in [-0.4, -0.2) is 31.3 Å². The molecule has 0 aliphatic rings. The van der Waals surface area contributed by atoms with Crippen LogP contribution in [0, 0.1) is 31.1 Å². The van der Waals surface area contributed by atoms with E-state index in [4.69, 9.17) is 23.2 Å². The highest BCUT2D eigenvalue weighted by molar-refractivity contribution is 6.36. The monoisotopic (exact) mass is 430 g/mol. The van der Waals surface area contributed by atoms with Crippen molar-refractivity contribution in [2.24, 2.45) is 5.92 Å². The molecule has 1 unspecified atom stereocenters. The van der Waals surface area contributed by atoms with Crippen LogP contribution >= 0.6 is 23.2 Å². The highest BCUT2D eigenvalue weighted by Gasteiger charge is 2.27. The summed E-state index contributed by atoms with van der Waals surface area (Å²) in [6.45, 7) is 3.67. The Balaban J connectivity index is 1.72. The minimum Gasteiger partial charge on any atom is -0.323 e. The first-order chi connectivity index (χ1) is 13.8. The Morgan fingerprint density at radius 2 is 2.07 bits per heavy atom. The van der Waals surface area contributed by atoms with Crippen LogP contribution in [0.5, 0.6) is 0 Å². The second-order valence-electron chi connectivity index (χ2n) is 6.37. The molecule has 0 spiro atoms. The van der Waals surface area contributed by atoms with Crippen molar-refractivity contribution in [2.45, 2.75) is 26.7 Å². The van der Waals surface area contributed by atoms with E-state index in [1.165, 1.54) is 18.5 Å². The summed E-state index contributed by atoms with van der Waals surface area (Å²) in [5.74, 6) is -2.21. The average Bonchev–Trinajstić information content (AvgIpc) is 3.13. The van der Waals surface area contributed by atoms with Gasteiger partial charge < -0.3 is 5.32 Å². The van der Waals surface area contributed by atoms with Gasteiger partial charge in [0.25, 0.3) is 5.78 Å². The Labute approximate surface area is 176 Å². The summed E-state index contributed by atoms with van der Waals surface area (Å²) < 4.78 is 1.59. The number of hydrogen-bond donors (Lipinski definition) is 1. The Bertz CT molecular complexity index is 1150. The van der Waals surface area contributed by atoms with Crippen LogP contribution in [0.1, 0.15) is 23.4 Å². The third-order valence-corrected chi connectivity index (χ3v) is 5.06. The highest BCUT2D eigenvalue weighted by atomic mass is 35.5. The molecule has 0 fully saturated rings. The van der Waals surface area contributed by atoms with Gasteiger partial charge in [0, 0.05) is 22.8 Å². The number of benzene rings is 1. The summed E-state index contributed by atoms with van der Waals surface area (Å²) in [7, 11) is 0. The number of nitrogens with one attached hydrogen (secondary N) is 1. The van der Waals surface area contributed by atoms with Crippen LogP contribution in [0.2, 0.25) is 10.0 Å². The standard InChI is InChI=1S/C19H16Cl2N6O2/c1-10-13(11(2)27-19(25-10)23-9-24-27)4-6-17(28)14(8-22)18(29)26-16-5-3-12(20)7-15(16)21/h3,5,7,9,14H,4,6H2,1-2H3,(H,26,29). The predicted molar refractivity (Wildman–Crippen MR) is 108 cm³/mol. The average molecular weight is 431 g/mol. The maximum atomic E-state index is 12.6. The van der Waals surface area contributed by atoms with Crippen LogP contribution in [0.4, 0.5) is 5.69 Å². The van der Waals surface area contributed by atoms with Crippen molar-refractivity contribution in [1.82, 2.24) is 19.6 Å². The zero-order chi connectivity index (χ0) is 21.1. The lowest BCUT2D eigenvalue weighted by atomic mass is 9.97. The molecule has 1 atom stereocenters. The molecule has 2 heterocycles. The number of ketones is 1. The molecule has 0 saturated carbocycles. The van der Waals surface area contributed by atoms with Gasteiger partial charge in [-0.15, -0.1) is 0 Å². The number of nitriles is 1. The molecule has 0 bridgehead atoms. The highest BCUT2D eigenvalue weighted by Crippen LogP contribution is 2.26. The van der Waals surface area contributed by atoms with E-state index < -0.39 is 17.6 Å². The van der Waals surface area contributed by atoms with E-state index >= 15 is 0 Å². The fraction of sp³-hybridized carbons (Fsp3) is 0.263. The lowest BCUT2D eigenvalue weighted by Gasteiger charge is -2.13. The third kappa shape index (κ3) is 4.36. The molecule has 10 heteroatoms. The van der Waals surface area contributed by atoms with Gasteiger partial charge in [0.2, 0.25) is 5.91 Å². The van der Waals surface area contributed by atoms with Gasteiger partial charge in [-0.25, -0.2) is 9.50 Å². The van der Waals surface area contributed by atoms with Gasteiger partial charge in [-0.1, -0.05) is 23.2 Å². The van der Waals surface area contributed by atoms with Crippen molar-refractivity contribution >= 4 is 46.4 Å². The molecule has 1 N–H and O–H groups in total. The molecule has 0 radical (unpaired) electrons. The molecule has 0 saturated heterocycles. The molecule has 148 valence electrons. The van der Waals surface area contributed by atoms with Gasteiger partial charge in [0.05, 0.1) is 16.8 Å². The fourth-order valence-electron chi connectivity index (χ4n) is 2.98. The second-order valence-corrected chi connectivity index (χ2v) is 7.22. The van der Waals surface area contributed by atoms with Crippen molar-refractivity contribution in [3.8, 4) is 6.07 Å². The normalized spacial score (nSPS) is 11.8. The van der Waals surface area contributed by atoms with Crippen molar-refractivity contribution in [2.75, 3.05) is 5.32 Å². The molecule has 2 aromatic heterocycles. The Hall–Kier alpha value is -3.02. The van der Waals surface area contributed by atoms with Crippen molar-refractivity contribution < 1.29 is 9.59 Å². The summed E-state index contributed by atoms with van der Waals surface area (Å²) in [5.41, 5.74) is 2.64. The minimum atomic E-state index is -1.45. The summed E-state index contributed by atoms with van der Waals surface area (Å²) >= 11 is 11.9. The SMILES string of the molecule is Cc1nc2ncnn2c(C)c1CCC(=O)C(C#N)C(=O)Nc1ccc(Cl)cc1Cl. The number of aromatic nitrogens is 4. The summed E-state index contributed by atoms with van der Waals surface area (Å²) in [5, 5.41) is 16.6. The number of aryl methyl sites for hydroxylation is 2. The molecule has 8 nitrogen and oxygen atoms in total. The van der Waals surface area contributed by atoms with Gasteiger partial charge >= 0.3 is 0 Å². The molecular formula is C19H16Cl2N6O2. The van der Waals surface area contributed by atoms with E-state index in [2.05, 4.69) is 20.4 Å². The molecule has 3 aromatic rings. The van der Waals surface area contributed by atoms with Crippen LogP contribution in [0.25, 0.3) is 5.78 Å². The van der Waals surface area contributed by atoms with E-state index in [0.717, 1.165) is 17.0 Å². The number of halogens is 2. The maximum absolute atomic E-state index is 12.6. The van der Waals surface area contributed by atoms with Crippen molar-refractivity contribution in [1.29, 1.82) is 5.26 Å². The van der Waals surface area contributed by atoms with Crippen LogP contribution in [0.3, 0.4) is 0 Å². The number of Topliss-reactive ketones (excluding diaryl/α,β-unsaturated/α-hetero) is 1. The lowest BCUT2D eigenvalue weighted by Crippen LogP contribution is -2.29. The van der Waals surface area contributed by atoms with Gasteiger partial charge in [-0.2, -0.15) is 15.3 Å². The first-order valence-corrected chi connectivity index (χ1v) is 9.41. The van der Waals surface area contributed by atoms with Gasteiger partial charge in [-0.05, 0) is 44.0 Å². The largest absolute Gasteiger partial charge is 0.323 e. The lowest BCUT2D eigenvalue weighted by molar-refractivity contribution is -0.128. The van der Waals surface area contributed by atoms with E-state index in [-0.39, 0.29) is 17.1 Å². The van der Waals surface area contributed by atoms with E-state index in [0.29, 0.717) is 17.2 Å². The molecule has 0 aliphatic heterocycles. The summed E-state index contributed by atoms with van der Waals surface area (Å²) in [4.78, 5) is 33.4. The molecular weight excluding hydrogens is 415 g/mol. The van der Waals surface area contributed by atoms with Crippen molar-refractivity contribution in [3.05, 3.63) is 51.5 Å². The molecule has 1 aromatic carbocycles. The first-order valence-electron chi connectivity index (χ1n) is 8.66. The van der Waals surface area contributed by atoms with Crippen LogP contribution < -0.4 is 5.32 Å². The maximum Gasteiger partial charge on any atom is 0.252 e. The summed E-state index contributed by atoms with van der Waals surface area (Å²) in [6, 6.07) is 6.28. The molecule has 1 amide bonds. The van der Waals surface area contributed by atoms with Crippen LogP contribution in [0.15, 0.2) is 24.5 Å². The van der Waals surface area contributed by atoms with Crippen LogP contribution in [-0.2, 0) is 16.0 Å². The van der Waals surface area contributed by atoms with Gasteiger partial charge in [0.15, 0.2) is 11.7 Å². The molecule has 0 aliphatic carbocycles. The zero-order valence-electron chi connectivity index (χ0n) is 15.6. The van der Waals surface area contributed by atoms with Crippen molar-refractivity contribution in [3.63, 3.8) is 0 Å². The Morgan fingerprint density at radius 3 is 2.76 bits per heavy atom. The number of nitrogens with zero attached hydrogens (tertiary/aromatic N) is 5. The Kier molecular flexibility index (Phi) is 6.11. The number of fused-ring (bicyclic) bond motifs is 1. The number of hydrogen-bond acceptors (Lipinski definition) is 6. The topological polar surface area (TPSA) is 113 Å². The number of anilines is 1. The van der Waals surface area contributed by atoms with E-state index in [1.807, 2.05) is 13.8 Å². The quantitative estimate of drug-likeness (QED) is 0.599. The second kappa shape index (κ2) is 8.55. The first kappa shape index (κ1) is 20.7. The van der Waals surface area contributed by atoms with E-state index in [9.17, 15) is 14.9 Å².